The number of urea groups is 1. The Labute approximate surface area is 158 Å². The van der Waals surface area contributed by atoms with Gasteiger partial charge in [0.1, 0.15) is 17.9 Å². The largest absolute Gasteiger partial charge is 0.379 e. The molecule has 142 valence electrons. The van der Waals surface area contributed by atoms with Gasteiger partial charge in [0.15, 0.2) is 5.13 Å². The smallest absolute Gasteiger partial charge is 0.325 e. The van der Waals surface area contributed by atoms with E-state index in [0.29, 0.717) is 17.3 Å². The van der Waals surface area contributed by atoms with Crippen molar-refractivity contribution in [3.05, 3.63) is 46.7 Å². The lowest BCUT2D eigenvalue weighted by Gasteiger charge is -2.22. The number of carbonyl (C=O) groups is 3. The van der Waals surface area contributed by atoms with Crippen LogP contribution in [0.4, 0.5) is 14.3 Å². The maximum absolute atomic E-state index is 13.1. The van der Waals surface area contributed by atoms with Gasteiger partial charge in [-0.3, -0.25) is 14.5 Å². The van der Waals surface area contributed by atoms with Crippen molar-refractivity contribution in [1.82, 2.24) is 15.2 Å². The Bertz CT molecular complexity index is 885. The third-order valence-corrected chi connectivity index (χ3v) is 4.97. The molecule has 1 atom stereocenters. The number of ether oxygens (including phenoxy) is 1. The zero-order valence-electron chi connectivity index (χ0n) is 14.6. The van der Waals surface area contributed by atoms with Crippen molar-refractivity contribution in [3.63, 3.8) is 0 Å². The monoisotopic (exact) mass is 392 g/mol. The molecule has 10 heteroatoms. The van der Waals surface area contributed by atoms with Crippen LogP contribution in [0.25, 0.3) is 0 Å². The minimum absolute atomic E-state index is 0.348. The lowest BCUT2D eigenvalue weighted by molar-refractivity contribution is -0.133. The Balaban J connectivity index is 1.69. The van der Waals surface area contributed by atoms with Crippen LogP contribution in [0.5, 0.6) is 0 Å². The second-order valence-corrected chi connectivity index (χ2v) is 7.18. The summed E-state index contributed by atoms with van der Waals surface area (Å²) < 4.78 is 18.1. The number of thiazole rings is 1. The molecule has 2 aromatic rings. The number of methoxy groups -OCH3 is 1. The van der Waals surface area contributed by atoms with Crippen molar-refractivity contribution in [2.24, 2.45) is 0 Å². The van der Waals surface area contributed by atoms with Crippen molar-refractivity contribution in [3.8, 4) is 0 Å². The van der Waals surface area contributed by atoms with Crippen LogP contribution < -0.4 is 10.6 Å². The predicted octanol–water partition coefficient (Wildman–Crippen LogP) is 1.83. The summed E-state index contributed by atoms with van der Waals surface area (Å²) in [4.78, 5) is 42.9. The van der Waals surface area contributed by atoms with E-state index in [9.17, 15) is 18.8 Å². The van der Waals surface area contributed by atoms with Crippen LogP contribution in [0.15, 0.2) is 30.5 Å². The molecule has 0 radical (unpaired) electrons. The highest BCUT2D eigenvalue weighted by molar-refractivity contribution is 7.15. The fourth-order valence-corrected chi connectivity index (χ4v) is 3.50. The molecule has 0 saturated carbocycles. The van der Waals surface area contributed by atoms with Gasteiger partial charge in [0, 0.05) is 13.3 Å². The molecule has 1 fully saturated rings. The van der Waals surface area contributed by atoms with Gasteiger partial charge in [-0.1, -0.05) is 23.5 Å². The van der Waals surface area contributed by atoms with Crippen molar-refractivity contribution >= 4 is 34.3 Å². The number of hydrogen-bond acceptors (Lipinski definition) is 6. The van der Waals surface area contributed by atoms with Gasteiger partial charge in [0.05, 0.1) is 11.5 Å². The summed E-state index contributed by atoms with van der Waals surface area (Å²) in [6.45, 7) is 1.42. The van der Waals surface area contributed by atoms with Crippen molar-refractivity contribution in [2.75, 3.05) is 19.0 Å². The first-order valence-corrected chi connectivity index (χ1v) is 8.79. The quantitative estimate of drug-likeness (QED) is 0.731. The van der Waals surface area contributed by atoms with Gasteiger partial charge in [-0.2, -0.15) is 0 Å². The number of nitrogens with zero attached hydrogens (tertiary/aromatic N) is 2. The van der Waals surface area contributed by atoms with Crippen LogP contribution in [-0.4, -0.2) is 41.4 Å². The molecule has 2 heterocycles. The Kier molecular flexibility index (Phi) is 5.19. The minimum Gasteiger partial charge on any atom is -0.379 e. The molecule has 8 nitrogen and oxygen atoms in total. The molecule has 1 aliphatic heterocycles. The predicted molar refractivity (Wildman–Crippen MR) is 95.5 cm³/mol. The van der Waals surface area contributed by atoms with E-state index in [-0.39, 0.29) is 0 Å². The molecule has 1 saturated heterocycles. The van der Waals surface area contributed by atoms with Gasteiger partial charge >= 0.3 is 6.03 Å². The van der Waals surface area contributed by atoms with E-state index < -0.39 is 35.7 Å². The Morgan fingerprint density at radius 2 is 2.07 bits per heavy atom. The number of hydrogen-bond donors (Lipinski definition) is 2. The molecule has 0 aliphatic carbocycles. The van der Waals surface area contributed by atoms with E-state index in [1.54, 1.807) is 13.3 Å². The molecule has 0 bridgehead atoms. The number of anilines is 1. The summed E-state index contributed by atoms with van der Waals surface area (Å²) in [5.74, 6) is -1.60. The molecule has 3 rings (SSSR count). The molecule has 4 amide bonds. The summed E-state index contributed by atoms with van der Waals surface area (Å²) >= 11 is 1.24. The first-order valence-electron chi connectivity index (χ1n) is 7.97. The summed E-state index contributed by atoms with van der Waals surface area (Å²) in [5.41, 5.74) is -0.938. The molecule has 1 unspecified atom stereocenters. The van der Waals surface area contributed by atoms with Crippen molar-refractivity contribution in [2.45, 2.75) is 19.1 Å². The van der Waals surface area contributed by atoms with Crippen LogP contribution in [-0.2, 0) is 26.5 Å². The van der Waals surface area contributed by atoms with E-state index in [1.807, 2.05) is 0 Å². The first kappa shape index (κ1) is 18.9. The summed E-state index contributed by atoms with van der Waals surface area (Å²) in [7, 11) is 1.55. The minimum atomic E-state index is -1.36. The van der Waals surface area contributed by atoms with Crippen LogP contribution in [0, 0.1) is 5.82 Å². The second-order valence-electron chi connectivity index (χ2n) is 6.07. The van der Waals surface area contributed by atoms with E-state index in [0.717, 1.165) is 9.78 Å². The summed E-state index contributed by atoms with van der Waals surface area (Å²) in [5, 5.41) is 5.46. The fraction of sp³-hybridized carbons (Fsp3) is 0.294. The van der Waals surface area contributed by atoms with E-state index in [2.05, 4.69) is 15.6 Å². The zero-order chi connectivity index (χ0) is 19.6. The highest BCUT2D eigenvalue weighted by atomic mass is 32.1. The average molecular weight is 392 g/mol. The second kappa shape index (κ2) is 7.41. The first-order chi connectivity index (χ1) is 12.8. The molecule has 1 aliphatic rings. The standard InChI is InChI=1S/C17H17FN4O4S/c1-17(10-3-5-11(18)6-4-10)14(24)22(16(25)21-17)8-13(23)20-15-19-7-12(27-15)9-26-2/h3-7H,8-9H2,1-2H3,(H,21,25)(H,19,20,23). The highest BCUT2D eigenvalue weighted by Gasteiger charge is 2.49. The summed E-state index contributed by atoms with van der Waals surface area (Å²) in [6, 6.07) is 4.56. The van der Waals surface area contributed by atoms with Gasteiger partial charge in [0.25, 0.3) is 5.91 Å². The number of benzene rings is 1. The van der Waals surface area contributed by atoms with Gasteiger partial charge < -0.3 is 15.4 Å². The van der Waals surface area contributed by atoms with Gasteiger partial charge in [-0.25, -0.2) is 14.2 Å². The number of amides is 4. The van der Waals surface area contributed by atoms with Crippen molar-refractivity contribution in [1.29, 1.82) is 0 Å². The van der Waals surface area contributed by atoms with E-state index in [4.69, 9.17) is 4.74 Å². The molecule has 1 aromatic heterocycles. The topological polar surface area (TPSA) is 101 Å². The van der Waals surface area contributed by atoms with Crippen LogP contribution in [0.2, 0.25) is 0 Å². The maximum Gasteiger partial charge on any atom is 0.325 e. The van der Waals surface area contributed by atoms with Crippen LogP contribution >= 0.6 is 11.3 Å². The molecule has 27 heavy (non-hydrogen) atoms. The van der Waals surface area contributed by atoms with Gasteiger partial charge in [0.2, 0.25) is 5.91 Å². The number of imide groups is 1. The van der Waals surface area contributed by atoms with Gasteiger partial charge in [-0.05, 0) is 24.6 Å². The molecular formula is C17H17FN4O4S. The Morgan fingerprint density at radius 1 is 1.37 bits per heavy atom. The number of carbonyl (C=O) groups excluding carboxylic acids is 3. The Morgan fingerprint density at radius 3 is 2.74 bits per heavy atom. The van der Waals surface area contributed by atoms with E-state index in [1.165, 1.54) is 42.5 Å². The maximum atomic E-state index is 13.1. The normalized spacial score (nSPS) is 19.3. The fourth-order valence-electron chi connectivity index (χ4n) is 2.70. The third-order valence-electron chi connectivity index (χ3n) is 4.08. The summed E-state index contributed by atoms with van der Waals surface area (Å²) in [6.07, 6.45) is 1.57. The lowest BCUT2D eigenvalue weighted by atomic mass is 9.92. The molecular weight excluding hydrogens is 375 g/mol. The lowest BCUT2D eigenvalue weighted by Crippen LogP contribution is -2.42. The van der Waals surface area contributed by atoms with Crippen LogP contribution in [0.3, 0.4) is 0 Å². The molecule has 0 spiro atoms. The average Bonchev–Trinajstić information content (AvgIpc) is 3.14. The number of rotatable bonds is 6. The molecule has 2 N–H and O–H groups in total. The van der Waals surface area contributed by atoms with E-state index >= 15 is 0 Å². The highest BCUT2D eigenvalue weighted by Crippen LogP contribution is 2.29. The van der Waals surface area contributed by atoms with Crippen molar-refractivity contribution < 1.29 is 23.5 Å². The number of nitrogens with one attached hydrogen (secondary N) is 2. The zero-order valence-corrected chi connectivity index (χ0v) is 15.4. The number of halogens is 1. The number of aromatic nitrogens is 1. The Hall–Kier alpha value is -2.85. The molecule has 1 aromatic carbocycles. The van der Waals surface area contributed by atoms with Gasteiger partial charge in [-0.15, -0.1) is 0 Å². The third kappa shape index (κ3) is 3.81. The van der Waals surface area contributed by atoms with Crippen LogP contribution in [0.1, 0.15) is 17.4 Å². The SMILES string of the molecule is COCc1cnc(NC(=O)CN2C(=O)NC(C)(c3ccc(F)cc3)C2=O)s1.